The lowest BCUT2D eigenvalue weighted by Crippen LogP contribution is -2.64. The first kappa shape index (κ1) is 46.0. The number of hydrogen-bond donors (Lipinski definition) is 0. The SMILES string of the molecule is CCCCCCCC(=O)N1C(C)(C)CC(OC(=O)CCCCCCCCC(=O)OC2CC(C)(C)N(C(=O)CCCCCCC)C(C)(C)C2)CC1(C)C. The molecule has 2 rings (SSSR count). The lowest BCUT2D eigenvalue weighted by molar-refractivity contribution is -0.170. The van der Waals surface area contributed by atoms with E-state index in [4.69, 9.17) is 9.47 Å². The molecule has 2 aliphatic heterocycles. The molecular formula is C44H80N2O6. The van der Waals surface area contributed by atoms with Crippen molar-refractivity contribution in [3.63, 3.8) is 0 Å². The Morgan fingerprint density at radius 2 is 0.673 bits per heavy atom. The summed E-state index contributed by atoms with van der Waals surface area (Å²) >= 11 is 0. The van der Waals surface area contributed by atoms with Crippen LogP contribution in [0.1, 0.15) is 223 Å². The number of carbonyl (C=O) groups is 4. The summed E-state index contributed by atoms with van der Waals surface area (Å²) in [5.41, 5.74) is -1.45. The van der Waals surface area contributed by atoms with E-state index in [0.717, 1.165) is 64.2 Å². The molecule has 0 saturated carbocycles. The van der Waals surface area contributed by atoms with Gasteiger partial charge in [0.05, 0.1) is 0 Å². The Morgan fingerprint density at radius 1 is 0.423 bits per heavy atom. The van der Waals surface area contributed by atoms with Gasteiger partial charge in [-0.25, -0.2) is 0 Å². The minimum atomic E-state index is -0.363. The van der Waals surface area contributed by atoms with E-state index in [1.807, 2.05) is 0 Å². The Balaban J connectivity index is 1.63. The summed E-state index contributed by atoms with van der Waals surface area (Å²) in [6.07, 6.45) is 21.2. The molecular weight excluding hydrogens is 652 g/mol. The lowest BCUT2D eigenvalue weighted by Gasteiger charge is -2.55. The molecule has 2 amide bonds. The zero-order valence-corrected chi connectivity index (χ0v) is 35.5. The van der Waals surface area contributed by atoms with Crippen molar-refractivity contribution in [3.05, 3.63) is 0 Å². The molecule has 8 heteroatoms. The predicted molar refractivity (Wildman–Crippen MR) is 212 cm³/mol. The highest BCUT2D eigenvalue weighted by molar-refractivity contribution is 5.79. The molecule has 302 valence electrons. The van der Waals surface area contributed by atoms with Crippen molar-refractivity contribution < 1.29 is 28.7 Å². The third-order valence-electron chi connectivity index (χ3n) is 11.4. The van der Waals surface area contributed by atoms with E-state index in [9.17, 15) is 19.2 Å². The lowest BCUT2D eigenvalue weighted by atomic mass is 9.77. The van der Waals surface area contributed by atoms with Crippen molar-refractivity contribution in [3.8, 4) is 0 Å². The van der Waals surface area contributed by atoms with E-state index in [1.165, 1.54) is 38.5 Å². The van der Waals surface area contributed by atoms with Gasteiger partial charge in [-0.05, 0) is 81.1 Å². The largest absolute Gasteiger partial charge is 0.462 e. The van der Waals surface area contributed by atoms with Crippen LogP contribution in [0.5, 0.6) is 0 Å². The van der Waals surface area contributed by atoms with E-state index < -0.39 is 0 Å². The van der Waals surface area contributed by atoms with Crippen LogP contribution in [0.3, 0.4) is 0 Å². The molecule has 0 unspecified atom stereocenters. The van der Waals surface area contributed by atoms with Crippen LogP contribution in [0.4, 0.5) is 0 Å². The molecule has 2 aliphatic rings. The first-order chi connectivity index (χ1) is 24.4. The Morgan fingerprint density at radius 3 is 0.962 bits per heavy atom. The van der Waals surface area contributed by atoms with Crippen LogP contribution in [-0.4, -0.2) is 67.9 Å². The normalized spacial score (nSPS) is 19.7. The van der Waals surface area contributed by atoms with Crippen molar-refractivity contribution >= 4 is 23.8 Å². The van der Waals surface area contributed by atoms with E-state index in [0.29, 0.717) is 51.4 Å². The molecule has 0 N–H and O–H groups in total. The van der Waals surface area contributed by atoms with Crippen molar-refractivity contribution in [1.82, 2.24) is 9.80 Å². The molecule has 0 aromatic heterocycles. The second-order valence-corrected chi connectivity index (χ2v) is 18.7. The standard InChI is InChI=1S/C44H80N2O6/c1-11-13-15-19-23-27-37(47)45-41(3,4)31-35(32-42(45,5)6)51-39(49)29-25-21-17-18-22-26-30-40(50)52-36-33-43(7,8)46(44(9,10)34-36)38(48)28-24-20-16-14-12-2/h35-36H,11-34H2,1-10H3. The van der Waals surface area contributed by atoms with Gasteiger partial charge >= 0.3 is 11.9 Å². The summed E-state index contributed by atoms with van der Waals surface area (Å²) in [4.78, 5) is 56.2. The van der Waals surface area contributed by atoms with Crippen LogP contribution in [-0.2, 0) is 28.7 Å². The van der Waals surface area contributed by atoms with Crippen LogP contribution in [0.25, 0.3) is 0 Å². The fourth-order valence-electron chi connectivity index (χ4n) is 9.61. The van der Waals surface area contributed by atoms with Gasteiger partial charge in [-0.2, -0.15) is 0 Å². The average molecular weight is 733 g/mol. The Hall–Kier alpha value is -2.12. The van der Waals surface area contributed by atoms with Crippen molar-refractivity contribution in [2.75, 3.05) is 0 Å². The maximum Gasteiger partial charge on any atom is 0.306 e. The second-order valence-electron chi connectivity index (χ2n) is 18.7. The first-order valence-electron chi connectivity index (χ1n) is 21.4. The van der Waals surface area contributed by atoms with Gasteiger partial charge in [-0.3, -0.25) is 19.2 Å². The summed E-state index contributed by atoms with van der Waals surface area (Å²) in [7, 11) is 0. The number of carbonyl (C=O) groups excluding carboxylic acids is 4. The maximum atomic E-state index is 13.3. The van der Waals surface area contributed by atoms with Crippen LogP contribution in [0.2, 0.25) is 0 Å². The predicted octanol–water partition coefficient (Wildman–Crippen LogP) is 11.0. The number of esters is 2. The molecule has 2 heterocycles. The molecule has 0 aromatic carbocycles. The molecule has 8 nitrogen and oxygen atoms in total. The number of rotatable bonds is 23. The van der Waals surface area contributed by atoms with Gasteiger partial charge in [-0.1, -0.05) is 90.9 Å². The minimum Gasteiger partial charge on any atom is -0.462 e. The van der Waals surface area contributed by atoms with Gasteiger partial charge in [-0.15, -0.1) is 0 Å². The average Bonchev–Trinajstić information content (AvgIpc) is 2.99. The first-order valence-corrected chi connectivity index (χ1v) is 21.4. The molecule has 0 radical (unpaired) electrons. The van der Waals surface area contributed by atoms with Gasteiger partial charge in [0.2, 0.25) is 11.8 Å². The van der Waals surface area contributed by atoms with Gasteiger partial charge < -0.3 is 19.3 Å². The highest BCUT2D eigenvalue weighted by atomic mass is 16.5. The van der Waals surface area contributed by atoms with Gasteiger partial charge in [0.25, 0.3) is 0 Å². The number of unbranched alkanes of at least 4 members (excludes halogenated alkanes) is 13. The second kappa shape index (κ2) is 21.7. The van der Waals surface area contributed by atoms with Crippen LogP contribution in [0, 0.1) is 0 Å². The van der Waals surface area contributed by atoms with E-state index in [-0.39, 0.29) is 58.1 Å². The molecule has 0 spiro atoms. The number of amides is 2. The molecule has 0 atom stereocenters. The van der Waals surface area contributed by atoms with Gasteiger partial charge in [0.15, 0.2) is 0 Å². The highest BCUT2D eigenvalue weighted by Gasteiger charge is 2.49. The Labute approximate surface area is 319 Å². The fraction of sp³-hybridized carbons (Fsp3) is 0.909. The van der Waals surface area contributed by atoms with Crippen molar-refractivity contribution in [1.29, 1.82) is 0 Å². The van der Waals surface area contributed by atoms with Gasteiger partial charge in [0, 0.05) is 73.5 Å². The third-order valence-corrected chi connectivity index (χ3v) is 11.4. The molecule has 2 fully saturated rings. The summed E-state index contributed by atoms with van der Waals surface area (Å²) in [6, 6.07) is 0. The van der Waals surface area contributed by atoms with Crippen molar-refractivity contribution in [2.45, 2.75) is 258 Å². The van der Waals surface area contributed by atoms with Gasteiger partial charge in [0.1, 0.15) is 12.2 Å². The summed E-state index contributed by atoms with van der Waals surface area (Å²) in [5.74, 6) is 0.155. The number of ether oxygens (including phenoxy) is 2. The zero-order chi connectivity index (χ0) is 39.0. The number of hydrogen-bond acceptors (Lipinski definition) is 6. The summed E-state index contributed by atoms with van der Waals surface area (Å²) in [5, 5.41) is 0. The Bertz CT molecular complexity index is 990. The molecule has 2 saturated heterocycles. The summed E-state index contributed by atoms with van der Waals surface area (Å²) in [6.45, 7) is 21.3. The third kappa shape index (κ3) is 15.3. The zero-order valence-electron chi connectivity index (χ0n) is 35.5. The highest BCUT2D eigenvalue weighted by Crippen LogP contribution is 2.42. The Kier molecular flexibility index (Phi) is 19.2. The van der Waals surface area contributed by atoms with E-state index in [2.05, 4.69) is 79.0 Å². The van der Waals surface area contributed by atoms with Crippen LogP contribution >= 0.6 is 0 Å². The number of piperidine rings is 2. The van der Waals surface area contributed by atoms with Crippen molar-refractivity contribution in [2.24, 2.45) is 0 Å². The molecule has 52 heavy (non-hydrogen) atoms. The molecule has 0 bridgehead atoms. The number of likely N-dealkylation sites (tertiary alicyclic amines) is 2. The van der Waals surface area contributed by atoms with E-state index in [1.54, 1.807) is 0 Å². The number of nitrogens with zero attached hydrogens (tertiary/aromatic N) is 2. The smallest absolute Gasteiger partial charge is 0.306 e. The van der Waals surface area contributed by atoms with Crippen LogP contribution in [0.15, 0.2) is 0 Å². The van der Waals surface area contributed by atoms with Crippen LogP contribution < -0.4 is 0 Å². The topological polar surface area (TPSA) is 93.2 Å². The quantitative estimate of drug-likeness (QED) is 0.0767. The fourth-order valence-corrected chi connectivity index (χ4v) is 9.61. The molecule has 0 aromatic rings. The summed E-state index contributed by atoms with van der Waals surface area (Å²) < 4.78 is 11.9. The molecule has 0 aliphatic carbocycles. The maximum absolute atomic E-state index is 13.3. The minimum absolute atomic E-state index is 0.140. The van der Waals surface area contributed by atoms with E-state index >= 15 is 0 Å². The monoisotopic (exact) mass is 733 g/mol.